The summed E-state index contributed by atoms with van der Waals surface area (Å²) in [7, 11) is 0. The second-order valence-electron chi connectivity index (χ2n) is 6.96. The third kappa shape index (κ3) is 11.8. The van der Waals surface area contributed by atoms with E-state index in [-0.39, 0.29) is 23.1 Å². The number of benzene rings is 1. The van der Waals surface area contributed by atoms with Crippen molar-refractivity contribution in [2.75, 3.05) is 13.2 Å². The first-order valence-corrected chi connectivity index (χ1v) is 10.3. The molecule has 8 heteroatoms. The van der Waals surface area contributed by atoms with Gasteiger partial charge in [0.25, 0.3) is 0 Å². The van der Waals surface area contributed by atoms with Crippen molar-refractivity contribution in [1.29, 1.82) is 0 Å². The van der Waals surface area contributed by atoms with Crippen molar-refractivity contribution in [3.63, 3.8) is 0 Å². The highest BCUT2D eigenvalue weighted by molar-refractivity contribution is 5.91. The maximum atomic E-state index is 11.3. The fourth-order valence-corrected chi connectivity index (χ4v) is 2.72. The Bertz CT molecular complexity index is 622. The largest absolute Gasteiger partial charge is 0.478 e. The number of ether oxygens (including phenoxy) is 2. The minimum atomic E-state index is -1.06. The molecule has 0 radical (unpaired) electrons. The van der Waals surface area contributed by atoms with Gasteiger partial charge in [-0.2, -0.15) is 0 Å². The number of carbonyl (C=O) groups is 4. The van der Waals surface area contributed by atoms with Crippen molar-refractivity contribution >= 4 is 23.9 Å². The number of carboxylic acid groups (broad SMARTS) is 2. The summed E-state index contributed by atoms with van der Waals surface area (Å²) in [4.78, 5) is 43.3. The van der Waals surface area contributed by atoms with E-state index in [1.807, 2.05) is 0 Å². The fraction of sp³-hybridized carbons (Fsp3) is 0.545. The lowest BCUT2D eigenvalue weighted by atomic mass is 10.1. The predicted octanol–water partition coefficient (Wildman–Crippen LogP) is 4.07. The Balaban J connectivity index is 0.000000325. The molecule has 0 spiro atoms. The van der Waals surface area contributed by atoms with Gasteiger partial charge in [0.05, 0.1) is 24.3 Å². The average Bonchev–Trinajstić information content (AvgIpc) is 2.72. The van der Waals surface area contributed by atoms with Crippen LogP contribution in [0.1, 0.15) is 84.9 Å². The number of hydrogen-bond donors (Lipinski definition) is 2. The molecule has 0 aromatic heterocycles. The lowest BCUT2D eigenvalue weighted by Gasteiger charge is -2.07. The molecule has 1 aromatic carbocycles. The number of aromatic carboxylic acids is 2. The number of esters is 2. The summed E-state index contributed by atoms with van der Waals surface area (Å²) in [6.07, 6.45) is 8.83. The summed E-state index contributed by atoms with van der Waals surface area (Å²) in [5, 5.41) is 16.9. The van der Waals surface area contributed by atoms with E-state index in [1.165, 1.54) is 24.3 Å². The van der Waals surface area contributed by atoms with Crippen LogP contribution in [0.25, 0.3) is 0 Å². The van der Waals surface area contributed by atoms with Crippen molar-refractivity contribution in [3.05, 3.63) is 35.4 Å². The number of carbonyl (C=O) groups excluding carboxylic acids is 2. The Labute approximate surface area is 176 Å². The van der Waals surface area contributed by atoms with Crippen LogP contribution in [0.15, 0.2) is 24.3 Å². The summed E-state index contributed by atoms with van der Waals surface area (Å²) in [5.41, 5.74) is 0.167. The second-order valence-corrected chi connectivity index (χ2v) is 6.96. The molecule has 0 bridgehead atoms. The lowest BCUT2D eigenvalue weighted by molar-refractivity contribution is -0.146. The molecular formula is C22H30O8. The SMILES string of the molecule is O=C(O)c1ccc(C(=O)O)cc1.O=C1CCCCCCCCC(=O)OCCCCO1. The highest BCUT2D eigenvalue weighted by Crippen LogP contribution is 2.10. The van der Waals surface area contributed by atoms with Gasteiger partial charge in [0.1, 0.15) is 0 Å². The quantitative estimate of drug-likeness (QED) is 0.683. The van der Waals surface area contributed by atoms with Gasteiger partial charge in [0.2, 0.25) is 0 Å². The lowest BCUT2D eigenvalue weighted by Crippen LogP contribution is -2.09. The number of hydrogen-bond acceptors (Lipinski definition) is 6. The monoisotopic (exact) mass is 422 g/mol. The minimum Gasteiger partial charge on any atom is -0.478 e. The number of carboxylic acids is 2. The molecule has 8 nitrogen and oxygen atoms in total. The van der Waals surface area contributed by atoms with Gasteiger partial charge in [0, 0.05) is 12.8 Å². The molecule has 0 unspecified atom stereocenters. The number of rotatable bonds is 2. The molecule has 1 saturated heterocycles. The zero-order valence-electron chi connectivity index (χ0n) is 17.1. The summed E-state index contributed by atoms with van der Waals surface area (Å²) in [5.74, 6) is -2.32. The van der Waals surface area contributed by atoms with Crippen LogP contribution < -0.4 is 0 Å². The van der Waals surface area contributed by atoms with Gasteiger partial charge in [0.15, 0.2) is 0 Å². The van der Waals surface area contributed by atoms with Crippen molar-refractivity contribution in [2.24, 2.45) is 0 Å². The molecule has 1 aromatic rings. The van der Waals surface area contributed by atoms with Crippen LogP contribution in [0.5, 0.6) is 0 Å². The Morgan fingerprint density at radius 2 is 0.933 bits per heavy atom. The zero-order valence-corrected chi connectivity index (χ0v) is 17.1. The van der Waals surface area contributed by atoms with Gasteiger partial charge in [-0.3, -0.25) is 9.59 Å². The average molecular weight is 422 g/mol. The molecule has 0 saturated carbocycles. The molecule has 1 aliphatic rings. The second kappa shape index (κ2) is 15.0. The van der Waals surface area contributed by atoms with E-state index in [2.05, 4.69) is 0 Å². The normalized spacial score (nSPS) is 16.9. The molecular weight excluding hydrogens is 392 g/mol. The Morgan fingerprint density at radius 1 is 0.600 bits per heavy atom. The van der Waals surface area contributed by atoms with Gasteiger partial charge in [-0.25, -0.2) is 9.59 Å². The maximum Gasteiger partial charge on any atom is 0.335 e. The standard InChI is InChI=1S/C14H24O4.C8H6O4/c15-13-9-5-3-1-2-4-6-10-14(16)18-12-8-7-11-17-13;9-7(10)5-1-2-6(4-3-5)8(11)12/h1-12H2;1-4H,(H,9,10)(H,11,12). The van der Waals surface area contributed by atoms with Crippen LogP contribution in [0.3, 0.4) is 0 Å². The van der Waals surface area contributed by atoms with Gasteiger partial charge in [-0.1, -0.05) is 25.7 Å². The summed E-state index contributed by atoms with van der Waals surface area (Å²) in [6.45, 7) is 0.882. The zero-order chi connectivity index (χ0) is 22.2. The van der Waals surface area contributed by atoms with Crippen LogP contribution >= 0.6 is 0 Å². The van der Waals surface area contributed by atoms with E-state index < -0.39 is 11.9 Å². The van der Waals surface area contributed by atoms with E-state index in [0.29, 0.717) is 26.1 Å². The molecule has 30 heavy (non-hydrogen) atoms. The molecule has 1 heterocycles. The summed E-state index contributed by atoms with van der Waals surface area (Å²) >= 11 is 0. The predicted molar refractivity (Wildman–Crippen MR) is 108 cm³/mol. The van der Waals surface area contributed by atoms with E-state index in [1.54, 1.807) is 0 Å². The molecule has 0 aliphatic carbocycles. The third-order valence-electron chi connectivity index (χ3n) is 4.46. The number of cyclic esters (lactones) is 2. The van der Waals surface area contributed by atoms with Crippen molar-refractivity contribution in [3.8, 4) is 0 Å². The van der Waals surface area contributed by atoms with E-state index >= 15 is 0 Å². The Hall–Kier alpha value is -2.90. The highest BCUT2D eigenvalue weighted by Gasteiger charge is 2.06. The fourth-order valence-electron chi connectivity index (χ4n) is 2.72. The maximum absolute atomic E-state index is 11.3. The van der Waals surface area contributed by atoms with Gasteiger partial charge in [-0.15, -0.1) is 0 Å². The van der Waals surface area contributed by atoms with Gasteiger partial charge >= 0.3 is 23.9 Å². The van der Waals surface area contributed by atoms with Crippen LogP contribution in [-0.4, -0.2) is 47.3 Å². The van der Waals surface area contributed by atoms with Gasteiger partial charge in [-0.05, 0) is 49.9 Å². The summed E-state index contributed by atoms with van der Waals surface area (Å²) < 4.78 is 10.2. The van der Waals surface area contributed by atoms with Crippen LogP contribution in [0.2, 0.25) is 0 Å². The van der Waals surface area contributed by atoms with E-state index in [0.717, 1.165) is 51.4 Å². The molecule has 1 fully saturated rings. The first-order chi connectivity index (χ1) is 14.4. The van der Waals surface area contributed by atoms with E-state index in [4.69, 9.17) is 19.7 Å². The molecule has 166 valence electrons. The molecule has 0 amide bonds. The Morgan fingerprint density at radius 3 is 1.27 bits per heavy atom. The molecule has 1 aliphatic heterocycles. The topological polar surface area (TPSA) is 127 Å². The molecule has 2 rings (SSSR count). The van der Waals surface area contributed by atoms with Crippen molar-refractivity contribution < 1.29 is 38.9 Å². The highest BCUT2D eigenvalue weighted by atomic mass is 16.5. The van der Waals surface area contributed by atoms with Crippen LogP contribution in [-0.2, 0) is 19.1 Å². The van der Waals surface area contributed by atoms with Crippen molar-refractivity contribution in [2.45, 2.75) is 64.2 Å². The van der Waals surface area contributed by atoms with E-state index in [9.17, 15) is 19.2 Å². The first-order valence-electron chi connectivity index (χ1n) is 10.3. The third-order valence-corrected chi connectivity index (χ3v) is 4.46. The first kappa shape index (κ1) is 25.1. The van der Waals surface area contributed by atoms with Crippen LogP contribution in [0, 0.1) is 0 Å². The minimum absolute atomic E-state index is 0.0833. The smallest absolute Gasteiger partial charge is 0.335 e. The molecule has 0 atom stereocenters. The van der Waals surface area contributed by atoms with Crippen LogP contribution in [0.4, 0.5) is 0 Å². The summed E-state index contributed by atoms with van der Waals surface area (Å²) in [6, 6.07) is 5.02. The van der Waals surface area contributed by atoms with Gasteiger partial charge < -0.3 is 19.7 Å². The molecule has 2 N–H and O–H groups in total. The van der Waals surface area contributed by atoms with Crippen molar-refractivity contribution in [1.82, 2.24) is 0 Å². The Kier molecular flexibility index (Phi) is 12.6.